The van der Waals surface area contributed by atoms with E-state index in [9.17, 15) is 14.4 Å². The normalized spacial score (nSPS) is 14.6. The summed E-state index contributed by atoms with van der Waals surface area (Å²) in [5.74, 6) is -1.30. The van der Waals surface area contributed by atoms with Crippen molar-refractivity contribution in [1.82, 2.24) is 5.32 Å². The van der Waals surface area contributed by atoms with E-state index >= 15 is 0 Å². The molecular weight excluding hydrogens is 352 g/mol. The van der Waals surface area contributed by atoms with Crippen molar-refractivity contribution in [3.63, 3.8) is 0 Å². The lowest BCUT2D eigenvalue weighted by atomic mass is 10.1. The van der Waals surface area contributed by atoms with E-state index in [-0.39, 0.29) is 12.2 Å². The topological polar surface area (TPSA) is 115 Å². The van der Waals surface area contributed by atoms with Crippen LogP contribution >= 0.6 is 0 Å². The predicted molar refractivity (Wildman–Crippen MR) is 90.9 cm³/mol. The number of fused-ring (bicyclic) bond motifs is 1. The fourth-order valence-electron chi connectivity index (χ4n) is 2.30. The number of hydrogen-bond donors (Lipinski definition) is 1. The SMILES string of the molecule is N#Cc1ccc(C(=O)OCC(=O)NC(=O)[C@H]2COc3ccccc3O2)cc1. The van der Waals surface area contributed by atoms with E-state index in [1.807, 2.05) is 6.07 Å². The molecule has 8 nitrogen and oxygen atoms in total. The Bertz CT molecular complexity index is 917. The van der Waals surface area contributed by atoms with Gasteiger partial charge in [0.25, 0.3) is 11.8 Å². The molecule has 0 aliphatic carbocycles. The van der Waals surface area contributed by atoms with Crippen molar-refractivity contribution < 1.29 is 28.6 Å². The number of imide groups is 1. The second-order valence-electron chi connectivity index (χ2n) is 5.54. The zero-order valence-electron chi connectivity index (χ0n) is 14.0. The Hall–Kier alpha value is -3.86. The molecule has 0 radical (unpaired) electrons. The molecule has 1 aliphatic heterocycles. The number of amides is 2. The third-order valence-corrected chi connectivity index (χ3v) is 3.65. The van der Waals surface area contributed by atoms with Gasteiger partial charge < -0.3 is 14.2 Å². The van der Waals surface area contributed by atoms with Gasteiger partial charge in [-0.1, -0.05) is 12.1 Å². The standard InChI is InChI=1S/C19H14N2O6/c20-9-12-5-7-13(8-6-12)19(24)26-11-17(22)21-18(23)16-10-25-14-3-1-2-4-15(14)27-16/h1-8,16H,10-11H2,(H,21,22,23)/t16-/m1/s1. The van der Waals surface area contributed by atoms with Crippen LogP contribution in [-0.4, -0.2) is 37.1 Å². The number of carbonyl (C=O) groups is 3. The van der Waals surface area contributed by atoms with Crippen LogP contribution in [0.1, 0.15) is 15.9 Å². The minimum absolute atomic E-state index is 0.0405. The van der Waals surface area contributed by atoms with Gasteiger partial charge in [-0.2, -0.15) is 5.26 Å². The molecule has 1 heterocycles. The highest BCUT2D eigenvalue weighted by atomic mass is 16.6. The molecule has 1 atom stereocenters. The molecule has 1 N–H and O–H groups in total. The Labute approximate surface area is 154 Å². The first-order chi connectivity index (χ1) is 13.1. The largest absolute Gasteiger partial charge is 0.485 e. The number of carbonyl (C=O) groups excluding carboxylic acids is 3. The molecule has 0 saturated carbocycles. The molecule has 2 aromatic rings. The number of nitriles is 1. The van der Waals surface area contributed by atoms with Gasteiger partial charge in [0.1, 0.15) is 6.61 Å². The molecule has 0 aromatic heterocycles. The molecule has 0 spiro atoms. The van der Waals surface area contributed by atoms with Crippen molar-refractivity contribution in [2.45, 2.75) is 6.10 Å². The lowest BCUT2D eigenvalue weighted by Gasteiger charge is -2.25. The van der Waals surface area contributed by atoms with Crippen LogP contribution in [0.3, 0.4) is 0 Å². The molecule has 2 amide bonds. The number of nitrogens with one attached hydrogen (secondary N) is 1. The Kier molecular flexibility index (Phi) is 5.33. The average molecular weight is 366 g/mol. The highest BCUT2D eigenvalue weighted by molar-refractivity contribution is 5.99. The first-order valence-corrected chi connectivity index (χ1v) is 7.96. The van der Waals surface area contributed by atoms with Crippen molar-refractivity contribution >= 4 is 17.8 Å². The highest BCUT2D eigenvalue weighted by Gasteiger charge is 2.28. The summed E-state index contributed by atoms with van der Waals surface area (Å²) in [5.41, 5.74) is 0.583. The van der Waals surface area contributed by atoms with E-state index in [2.05, 4.69) is 5.32 Å². The molecule has 27 heavy (non-hydrogen) atoms. The summed E-state index contributed by atoms with van der Waals surface area (Å²) < 4.78 is 15.7. The van der Waals surface area contributed by atoms with Crippen LogP contribution in [0.5, 0.6) is 11.5 Å². The summed E-state index contributed by atoms with van der Waals surface area (Å²) in [6.07, 6.45) is -0.988. The first kappa shape index (κ1) is 17.9. The maximum atomic E-state index is 12.1. The van der Waals surface area contributed by atoms with E-state index in [1.54, 1.807) is 24.3 Å². The maximum absolute atomic E-state index is 12.1. The molecule has 2 aromatic carbocycles. The van der Waals surface area contributed by atoms with Crippen molar-refractivity contribution in [2.24, 2.45) is 0 Å². The van der Waals surface area contributed by atoms with E-state index < -0.39 is 30.5 Å². The highest BCUT2D eigenvalue weighted by Crippen LogP contribution is 2.30. The van der Waals surface area contributed by atoms with Crippen LogP contribution in [0.2, 0.25) is 0 Å². The summed E-state index contributed by atoms with van der Waals surface area (Å²) in [5, 5.41) is 10.8. The third-order valence-electron chi connectivity index (χ3n) is 3.65. The second-order valence-corrected chi connectivity index (χ2v) is 5.54. The van der Waals surface area contributed by atoms with Crippen molar-refractivity contribution in [3.8, 4) is 17.6 Å². The molecular formula is C19H14N2O6. The molecule has 0 bridgehead atoms. The van der Waals surface area contributed by atoms with Gasteiger partial charge in [-0.05, 0) is 36.4 Å². The summed E-state index contributed by atoms with van der Waals surface area (Å²) in [6, 6.07) is 14.5. The van der Waals surface area contributed by atoms with Crippen LogP contribution < -0.4 is 14.8 Å². The molecule has 3 rings (SSSR count). The molecule has 0 unspecified atom stereocenters. The van der Waals surface area contributed by atoms with Gasteiger partial charge >= 0.3 is 5.97 Å². The van der Waals surface area contributed by atoms with Crippen LogP contribution in [0.25, 0.3) is 0 Å². The summed E-state index contributed by atoms with van der Waals surface area (Å²) in [4.78, 5) is 35.8. The van der Waals surface area contributed by atoms with Gasteiger partial charge in [0.2, 0.25) is 6.10 Å². The van der Waals surface area contributed by atoms with Crippen LogP contribution in [0.15, 0.2) is 48.5 Å². The van der Waals surface area contributed by atoms with Gasteiger partial charge in [-0.15, -0.1) is 0 Å². The Balaban J connectivity index is 1.48. The van der Waals surface area contributed by atoms with E-state index in [1.165, 1.54) is 24.3 Å². The van der Waals surface area contributed by atoms with Gasteiger partial charge in [0.15, 0.2) is 18.1 Å². The van der Waals surface area contributed by atoms with E-state index in [4.69, 9.17) is 19.5 Å². The molecule has 136 valence electrons. The number of hydrogen-bond acceptors (Lipinski definition) is 7. The van der Waals surface area contributed by atoms with Crippen LogP contribution in [-0.2, 0) is 14.3 Å². The summed E-state index contributed by atoms with van der Waals surface area (Å²) in [6.45, 7) is -0.671. The summed E-state index contributed by atoms with van der Waals surface area (Å²) in [7, 11) is 0. The van der Waals surface area contributed by atoms with E-state index in [0.717, 1.165) is 0 Å². The summed E-state index contributed by atoms with van der Waals surface area (Å²) >= 11 is 0. The van der Waals surface area contributed by atoms with Crippen molar-refractivity contribution in [2.75, 3.05) is 13.2 Å². The third kappa shape index (κ3) is 4.41. The number of nitrogens with zero attached hydrogens (tertiary/aromatic N) is 1. The van der Waals surface area contributed by atoms with Gasteiger partial charge in [-0.25, -0.2) is 4.79 Å². The fourth-order valence-corrected chi connectivity index (χ4v) is 2.30. The number of esters is 1. The first-order valence-electron chi connectivity index (χ1n) is 7.96. The molecule has 0 saturated heterocycles. The van der Waals surface area contributed by atoms with Crippen LogP contribution in [0, 0.1) is 11.3 Å². The monoisotopic (exact) mass is 366 g/mol. The quantitative estimate of drug-likeness (QED) is 0.809. The number of para-hydroxylation sites is 2. The Morgan fingerprint density at radius 2 is 1.81 bits per heavy atom. The number of ether oxygens (including phenoxy) is 3. The smallest absolute Gasteiger partial charge is 0.338 e. The zero-order valence-corrected chi connectivity index (χ0v) is 14.0. The zero-order chi connectivity index (χ0) is 19.2. The minimum atomic E-state index is -0.988. The Morgan fingerprint density at radius 3 is 2.52 bits per heavy atom. The lowest BCUT2D eigenvalue weighted by Crippen LogP contribution is -2.47. The predicted octanol–water partition coefficient (Wildman–Crippen LogP) is 1.20. The number of rotatable bonds is 4. The van der Waals surface area contributed by atoms with Gasteiger partial charge in [0, 0.05) is 0 Å². The van der Waals surface area contributed by atoms with Crippen molar-refractivity contribution in [3.05, 3.63) is 59.7 Å². The van der Waals surface area contributed by atoms with Gasteiger partial charge in [-0.3, -0.25) is 14.9 Å². The van der Waals surface area contributed by atoms with E-state index in [0.29, 0.717) is 17.1 Å². The second kappa shape index (κ2) is 8.01. The molecule has 0 fully saturated rings. The number of benzene rings is 2. The van der Waals surface area contributed by atoms with Crippen molar-refractivity contribution in [1.29, 1.82) is 5.26 Å². The Morgan fingerprint density at radius 1 is 1.11 bits per heavy atom. The van der Waals surface area contributed by atoms with Crippen LogP contribution in [0.4, 0.5) is 0 Å². The van der Waals surface area contributed by atoms with Gasteiger partial charge in [0.05, 0.1) is 17.2 Å². The average Bonchev–Trinajstić information content (AvgIpc) is 2.71. The molecule has 8 heteroatoms. The fraction of sp³-hybridized carbons (Fsp3) is 0.158. The minimum Gasteiger partial charge on any atom is -0.485 e. The lowest BCUT2D eigenvalue weighted by molar-refractivity contribution is -0.137. The maximum Gasteiger partial charge on any atom is 0.338 e. The molecule has 1 aliphatic rings.